The van der Waals surface area contributed by atoms with E-state index in [1.165, 1.54) is 22.3 Å². The molecule has 0 radical (unpaired) electrons. The lowest BCUT2D eigenvalue weighted by molar-refractivity contribution is 0.303. The molecule has 0 heterocycles. The lowest BCUT2D eigenvalue weighted by Crippen LogP contribution is -2.23. The van der Waals surface area contributed by atoms with Crippen molar-refractivity contribution < 1.29 is 4.74 Å². The summed E-state index contributed by atoms with van der Waals surface area (Å²) in [7, 11) is 3.82. The Labute approximate surface area is 163 Å². The molecule has 1 aliphatic carbocycles. The van der Waals surface area contributed by atoms with Crippen molar-refractivity contribution in [3.8, 4) is 22.9 Å². The summed E-state index contributed by atoms with van der Waals surface area (Å²) < 4.78 is 5.27. The average Bonchev–Trinajstić information content (AvgIpc) is 2.94. The first-order valence-electron chi connectivity index (χ1n) is 9.89. The number of hydrogen-bond donors (Lipinski definition) is 0. The van der Waals surface area contributed by atoms with Crippen LogP contribution in [0.3, 0.4) is 0 Å². The molecule has 1 aliphatic rings. The normalized spacial score (nSPS) is 21.1. The molecule has 0 amide bonds. The van der Waals surface area contributed by atoms with Crippen LogP contribution in [0.15, 0.2) is 42.5 Å². The van der Waals surface area contributed by atoms with Gasteiger partial charge in [-0.25, -0.2) is 0 Å². The second kappa shape index (κ2) is 8.59. The average molecular weight is 363 g/mol. The van der Waals surface area contributed by atoms with Crippen LogP contribution < -0.4 is 4.74 Å². The van der Waals surface area contributed by atoms with Gasteiger partial charge in [-0.1, -0.05) is 44.2 Å². The summed E-state index contributed by atoms with van der Waals surface area (Å²) in [4.78, 5) is 2.28. The molecule has 27 heavy (non-hydrogen) atoms. The SMILES string of the molecule is COc1ccc(-c2ccc3c(c2)C(C)[C@@H](C)C3CCN(C)CCC#N)cc1. The van der Waals surface area contributed by atoms with E-state index in [-0.39, 0.29) is 0 Å². The molecule has 0 aromatic heterocycles. The van der Waals surface area contributed by atoms with E-state index in [4.69, 9.17) is 10.00 Å². The van der Waals surface area contributed by atoms with Crippen molar-refractivity contribution in [2.75, 3.05) is 27.2 Å². The van der Waals surface area contributed by atoms with Crippen LogP contribution in [-0.2, 0) is 0 Å². The zero-order chi connectivity index (χ0) is 19.4. The molecular formula is C24H30N2O. The summed E-state index contributed by atoms with van der Waals surface area (Å²) in [6.07, 6.45) is 1.76. The molecule has 3 rings (SSSR count). The smallest absolute Gasteiger partial charge is 0.118 e. The zero-order valence-electron chi connectivity index (χ0n) is 16.9. The van der Waals surface area contributed by atoms with E-state index in [1.807, 2.05) is 12.1 Å². The third-order valence-corrected chi connectivity index (χ3v) is 6.25. The van der Waals surface area contributed by atoms with Crippen molar-refractivity contribution in [3.63, 3.8) is 0 Å². The van der Waals surface area contributed by atoms with Gasteiger partial charge in [-0.05, 0) is 72.2 Å². The third-order valence-electron chi connectivity index (χ3n) is 6.25. The van der Waals surface area contributed by atoms with E-state index in [0.29, 0.717) is 24.2 Å². The number of fused-ring (bicyclic) bond motifs is 1. The first kappa shape index (κ1) is 19.5. The Morgan fingerprint density at radius 2 is 1.70 bits per heavy atom. The van der Waals surface area contributed by atoms with Crippen molar-refractivity contribution in [2.24, 2.45) is 5.92 Å². The van der Waals surface area contributed by atoms with Crippen molar-refractivity contribution in [1.29, 1.82) is 5.26 Å². The molecule has 0 spiro atoms. The summed E-state index contributed by atoms with van der Waals surface area (Å²) in [6, 6.07) is 17.5. The molecule has 2 aromatic rings. The Bertz CT molecular complexity index is 806. The van der Waals surface area contributed by atoms with E-state index >= 15 is 0 Å². The van der Waals surface area contributed by atoms with Crippen LogP contribution >= 0.6 is 0 Å². The lowest BCUT2D eigenvalue weighted by Gasteiger charge is -2.22. The predicted octanol–water partition coefficient (Wildman–Crippen LogP) is 5.43. The highest BCUT2D eigenvalue weighted by molar-refractivity contribution is 5.66. The third kappa shape index (κ3) is 4.17. The molecule has 0 bridgehead atoms. The number of rotatable bonds is 7. The molecule has 142 valence electrons. The fraction of sp³-hybridized carbons (Fsp3) is 0.458. The van der Waals surface area contributed by atoms with Crippen LogP contribution in [0.25, 0.3) is 11.1 Å². The number of benzene rings is 2. The van der Waals surface area contributed by atoms with Crippen LogP contribution in [0.4, 0.5) is 0 Å². The number of nitrogens with zero attached hydrogens (tertiary/aromatic N) is 2. The standard InChI is InChI=1S/C24H30N2O/c1-17-18(2)24-16-20(19-6-9-21(27-4)10-7-19)8-11-23(24)22(17)12-15-26(3)14-5-13-25/h6-11,16-18,22H,5,12,14-15H2,1-4H3/t17-,18?,22?/m1/s1. The Morgan fingerprint density at radius 1 is 1.00 bits per heavy atom. The highest BCUT2D eigenvalue weighted by atomic mass is 16.5. The van der Waals surface area contributed by atoms with Gasteiger partial charge in [0.05, 0.1) is 13.2 Å². The number of nitriles is 1. The number of hydrogen-bond acceptors (Lipinski definition) is 3. The summed E-state index contributed by atoms with van der Waals surface area (Å²) in [5, 5.41) is 8.77. The minimum atomic E-state index is 0.576. The highest BCUT2D eigenvalue weighted by Gasteiger charge is 2.35. The van der Waals surface area contributed by atoms with Gasteiger partial charge in [0.2, 0.25) is 0 Å². The molecule has 3 heteroatoms. The summed E-state index contributed by atoms with van der Waals surface area (Å²) in [5.41, 5.74) is 5.53. The monoisotopic (exact) mass is 362 g/mol. The molecule has 2 unspecified atom stereocenters. The van der Waals surface area contributed by atoms with Crippen molar-refractivity contribution in [1.82, 2.24) is 4.90 Å². The van der Waals surface area contributed by atoms with Gasteiger partial charge < -0.3 is 9.64 Å². The molecule has 3 nitrogen and oxygen atoms in total. The molecular weight excluding hydrogens is 332 g/mol. The Kier molecular flexibility index (Phi) is 6.19. The van der Waals surface area contributed by atoms with Gasteiger partial charge >= 0.3 is 0 Å². The van der Waals surface area contributed by atoms with Crippen LogP contribution in [0.1, 0.15) is 49.7 Å². The predicted molar refractivity (Wildman–Crippen MR) is 111 cm³/mol. The fourth-order valence-corrected chi connectivity index (χ4v) is 4.32. The number of ether oxygens (including phenoxy) is 1. The van der Waals surface area contributed by atoms with Crippen LogP contribution in [-0.4, -0.2) is 32.1 Å². The molecule has 2 aromatic carbocycles. The summed E-state index contributed by atoms with van der Waals surface area (Å²) >= 11 is 0. The maximum absolute atomic E-state index is 8.77. The molecule has 0 aliphatic heterocycles. The van der Waals surface area contributed by atoms with E-state index in [0.717, 1.165) is 25.3 Å². The Hall–Kier alpha value is -2.31. The second-order valence-corrected chi connectivity index (χ2v) is 7.83. The fourth-order valence-electron chi connectivity index (χ4n) is 4.32. The Morgan fingerprint density at radius 3 is 2.37 bits per heavy atom. The van der Waals surface area contributed by atoms with Gasteiger partial charge in [0.1, 0.15) is 5.75 Å². The first-order chi connectivity index (χ1) is 13.0. The largest absolute Gasteiger partial charge is 0.497 e. The quantitative estimate of drug-likeness (QED) is 0.658. The van der Waals surface area contributed by atoms with E-state index in [1.54, 1.807) is 7.11 Å². The lowest BCUT2D eigenvalue weighted by atomic mass is 9.87. The van der Waals surface area contributed by atoms with Crippen molar-refractivity contribution in [3.05, 3.63) is 53.6 Å². The first-order valence-corrected chi connectivity index (χ1v) is 9.89. The van der Waals surface area contributed by atoms with Crippen molar-refractivity contribution in [2.45, 2.75) is 38.5 Å². The molecule has 3 atom stereocenters. The van der Waals surface area contributed by atoms with E-state index < -0.39 is 0 Å². The molecule has 0 saturated heterocycles. The maximum Gasteiger partial charge on any atom is 0.118 e. The van der Waals surface area contributed by atoms with E-state index in [9.17, 15) is 0 Å². The number of methoxy groups -OCH3 is 1. The topological polar surface area (TPSA) is 36.3 Å². The summed E-state index contributed by atoms with van der Waals surface area (Å²) in [5.74, 6) is 2.72. The minimum Gasteiger partial charge on any atom is -0.497 e. The van der Waals surface area contributed by atoms with Gasteiger partial charge in [0.25, 0.3) is 0 Å². The van der Waals surface area contributed by atoms with Gasteiger partial charge in [-0.15, -0.1) is 0 Å². The van der Waals surface area contributed by atoms with Crippen molar-refractivity contribution >= 4 is 0 Å². The van der Waals surface area contributed by atoms with Crippen LogP contribution in [0.2, 0.25) is 0 Å². The second-order valence-electron chi connectivity index (χ2n) is 7.83. The molecule has 0 fully saturated rings. The summed E-state index contributed by atoms with van der Waals surface area (Å²) in [6.45, 7) is 6.65. The highest BCUT2D eigenvalue weighted by Crippen LogP contribution is 2.48. The van der Waals surface area contributed by atoms with Gasteiger partial charge in [0, 0.05) is 13.0 Å². The zero-order valence-corrected chi connectivity index (χ0v) is 16.9. The maximum atomic E-state index is 8.77. The van der Waals surface area contributed by atoms with Gasteiger partial charge in [0.15, 0.2) is 0 Å². The molecule has 0 saturated carbocycles. The van der Waals surface area contributed by atoms with Gasteiger partial charge in [-0.3, -0.25) is 0 Å². The molecule has 0 N–H and O–H groups in total. The van der Waals surface area contributed by atoms with E-state index in [2.05, 4.69) is 62.2 Å². The van der Waals surface area contributed by atoms with Crippen LogP contribution in [0.5, 0.6) is 5.75 Å². The Balaban J connectivity index is 1.78. The van der Waals surface area contributed by atoms with Gasteiger partial charge in [-0.2, -0.15) is 5.26 Å². The van der Waals surface area contributed by atoms with Crippen LogP contribution in [0, 0.1) is 17.2 Å². The minimum absolute atomic E-state index is 0.576.